The zero-order valence-corrected chi connectivity index (χ0v) is 12.2. The zero-order chi connectivity index (χ0) is 12.6. The highest BCUT2D eigenvalue weighted by atomic mass is 127. The molecule has 2 aromatic rings. The Kier molecular flexibility index (Phi) is 3.58. The van der Waals surface area contributed by atoms with Gasteiger partial charge in [-0.25, -0.2) is 9.48 Å². The third kappa shape index (κ3) is 2.13. The summed E-state index contributed by atoms with van der Waals surface area (Å²) in [5.41, 5.74) is 0.833. The second-order valence-electron chi connectivity index (χ2n) is 3.57. The van der Waals surface area contributed by atoms with Crippen LogP contribution in [0.4, 0.5) is 0 Å². The molecule has 0 aliphatic carbocycles. The molecule has 0 amide bonds. The predicted molar refractivity (Wildman–Crippen MR) is 74.2 cm³/mol. The van der Waals surface area contributed by atoms with Crippen molar-refractivity contribution in [1.29, 1.82) is 0 Å². The van der Waals surface area contributed by atoms with Crippen molar-refractivity contribution < 1.29 is 9.53 Å². The third-order valence-corrected chi connectivity index (χ3v) is 3.62. The van der Waals surface area contributed by atoms with Gasteiger partial charge in [-0.2, -0.15) is 5.10 Å². The summed E-state index contributed by atoms with van der Waals surface area (Å²) in [7, 11) is 1.36. The van der Waals surface area contributed by atoms with Crippen LogP contribution >= 0.6 is 34.2 Å². The molecule has 0 saturated carbocycles. The molecular formula is C11H10ClIN2O2. The van der Waals surface area contributed by atoms with Gasteiger partial charge < -0.3 is 4.74 Å². The standard InChI is InChI=1S/C11H10ClIN2O2/c1-6(11(16)17-2)15-8-5-3-4-7(12)9(8)10(13)14-15/h3-6H,1-2H3. The van der Waals surface area contributed by atoms with E-state index >= 15 is 0 Å². The largest absolute Gasteiger partial charge is 0.467 e. The zero-order valence-electron chi connectivity index (χ0n) is 9.28. The minimum absolute atomic E-state index is 0.328. The smallest absolute Gasteiger partial charge is 0.330 e. The molecule has 1 atom stereocenters. The second kappa shape index (κ2) is 4.81. The molecule has 1 unspecified atom stereocenters. The summed E-state index contributed by atoms with van der Waals surface area (Å²) in [6.45, 7) is 1.75. The van der Waals surface area contributed by atoms with Crippen LogP contribution in [0.25, 0.3) is 10.9 Å². The maximum atomic E-state index is 11.5. The molecule has 0 aliphatic heterocycles. The number of rotatable bonds is 2. The van der Waals surface area contributed by atoms with Gasteiger partial charge in [0.05, 0.1) is 23.0 Å². The first-order valence-electron chi connectivity index (χ1n) is 4.96. The van der Waals surface area contributed by atoms with Crippen LogP contribution in [0.3, 0.4) is 0 Å². The summed E-state index contributed by atoms with van der Waals surface area (Å²) >= 11 is 8.22. The fourth-order valence-corrected chi connectivity index (χ4v) is 2.89. The van der Waals surface area contributed by atoms with E-state index in [1.807, 2.05) is 12.1 Å². The average Bonchev–Trinajstić information content (AvgIpc) is 2.66. The molecular weight excluding hydrogens is 354 g/mol. The first-order chi connectivity index (χ1) is 8.06. The van der Waals surface area contributed by atoms with Gasteiger partial charge in [0.15, 0.2) is 0 Å². The lowest BCUT2D eigenvalue weighted by Gasteiger charge is -2.10. The lowest BCUT2D eigenvalue weighted by molar-refractivity contribution is -0.144. The van der Waals surface area contributed by atoms with Crippen molar-refractivity contribution in [2.45, 2.75) is 13.0 Å². The van der Waals surface area contributed by atoms with Crippen molar-refractivity contribution in [1.82, 2.24) is 9.78 Å². The summed E-state index contributed by atoms with van der Waals surface area (Å²) in [6, 6.07) is 5.06. The highest BCUT2D eigenvalue weighted by Crippen LogP contribution is 2.29. The van der Waals surface area contributed by atoms with E-state index in [0.717, 1.165) is 14.6 Å². The first-order valence-corrected chi connectivity index (χ1v) is 6.42. The summed E-state index contributed by atoms with van der Waals surface area (Å²) in [6.07, 6.45) is 0. The van der Waals surface area contributed by atoms with Crippen LogP contribution in [0, 0.1) is 3.70 Å². The Labute approximate surface area is 117 Å². The van der Waals surface area contributed by atoms with E-state index < -0.39 is 6.04 Å². The molecule has 0 spiro atoms. The van der Waals surface area contributed by atoms with Gasteiger partial charge in [-0.3, -0.25) is 0 Å². The number of hydrogen-bond acceptors (Lipinski definition) is 3. The first kappa shape index (κ1) is 12.6. The number of esters is 1. The van der Waals surface area contributed by atoms with E-state index in [-0.39, 0.29) is 5.97 Å². The Hall–Kier alpha value is -0.820. The highest BCUT2D eigenvalue weighted by molar-refractivity contribution is 14.1. The number of carbonyl (C=O) groups excluding carboxylic acids is 1. The number of nitrogens with zero attached hydrogens (tertiary/aromatic N) is 2. The Balaban J connectivity index is 2.64. The van der Waals surface area contributed by atoms with Crippen molar-refractivity contribution in [3.63, 3.8) is 0 Å². The van der Waals surface area contributed by atoms with E-state index in [2.05, 4.69) is 27.7 Å². The average molecular weight is 365 g/mol. The number of hydrogen-bond donors (Lipinski definition) is 0. The SMILES string of the molecule is COC(=O)C(C)n1nc(I)c2c(Cl)cccc21. The van der Waals surface area contributed by atoms with E-state index in [4.69, 9.17) is 16.3 Å². The molecule has 1 aromatic heterocycles. The van der Waals surface area contributed by atoms with E-state index in [9.17, 15) is 4.79 Å². The van der Waals surface area contributed by atoms with Gasteiger partial charge in [0.1, 0.15) is 9.74 Å². The monoisotopic (exact) mass is 364 g/mol. The molecule has 6 heteroatoms. The maximum absolute atomic E-state index is 11.5. The van der Waals surface area contributed by atoms with E-state index in [1.165, 1.54) is 7.11 Å². The number of aromatic nitrogens is 2. The summed E-state index contributed by atoms with van der Waals surface area (Å²) < 4.78 is 7.13. The van der Waals surface area contributed by atoms with E-state index in [1.54, 1.807) is 17.7 Å². The molecule has 17 heavy (non-hydrogen) atoms. The van der Waals surface area contributed by atoms with Gasteiger partial charge in [0, 0.05) is 0 Å². The van der Waals surface area contributed by atoms with E-state index in [0.29, 0.717) is 5.02 Å². The lowest BCUT2D eigenvalue weighted by atomic mass is 10.2. The van der Waals surface area contributed by atoms with Gasteiger partial charge in [0.2, 0.25) is 0 Å². The fourth-order valence-electron chi connectivity index (χ4n) is 1.67. The summed E-state index contributed by atoms with van der Waals surface area (Å²) in [5.74, 6) is -0.328. The summed E-state index contributed by atoms with van der Waals surface area (Å²) in [4.78, 5) is 11.5. The van der Waals surface area contributed by atoms with Crippen LogP contribution in [0.5, 0.6) is 0 Å². The highest BCUT2D eigenvalue weighted by Gasteiger charge is 2.21. The van der Waals surface area contributed by atoms with Crippen LogP contribution in [-0.4, -0.2) is 22.9 Å². The van der Waals surface area contributed by atoms with Gasteiger partial charge in [-0.05, 0) is 41.6 Å². The number of fused-ring (bicyclic) bond motifs is 1. The van der Waals surface area contributed by atoms with Gasteiger partial charge >= 0.3 is 5.97 Å². The second-order valence-corrected chi connectivity index (χ2v) is 5.00. The molecule has 0 saturated heterocycles. The minimum Gasteiger partial charge on any atom is -0.467 e. The van der Waals surface area contributed by atoms with Crippen molar-refractivity contribution in [2.24, 2.45) is 0 Å². The van der Waals surface area contributed by atoms with Crippen LogP contribution in [0.1, 0.15) is 13.0 Å². The Morgan fingerprint density at radius 1 is 1.59 bits per heavy atom. The number of carbonyl (C=O) groups is 1. The third-order valence-electron chi connectivity index (χ3n) is 2.55. The Morgan fingerprint density at radius 2 is 2.29 bits per heavy atom. The van der Waals surface area contributed by atoms with Crippen LogP contribution in [0.15, 0.2) is 18.2 Å². The lowest BCUT2D eigenvalue weighted by Crippen LogP contribution is -2.18. The topological polar surface area (TPSA) is 44.1 Å². The van der Waals surface area contributed by atoms with Crippen molar-refractivity contribution >= 4 is 51.1 Å². The van der Waals surface area contributed by atoms with Gasteiger partial charge in [0.25, 0.3) is 0 Å². The molecule has 0 N–H and O–H groups in total. The van der Waals surface area contributed by atoms with Gasteiger partial charge in [-0.15, -0.1) is 0 Å². The normalized spacial score (nSPS) is 12.7. The predicted octanol–water partition coefficient (Wildman–Crippen LogP) is 3.03. The Morgan fingerprint density at radius 3 is 2.94 bits per heavy atom. The van der Waals surface area contributed by atoms with Crippen molar-refractivity contribution in [3.05, 3.63) is 26.9 Å². The molecule has 0 radical (unpaired) electrons. The number of ether oxygens (including phenoxy) is 1. The molecule has 2 rings (SSSR count). The van der Waals surface area contributed by atoms with Gasteiger partial charge in [-0.1, -0.05) is 17.7 Å². The van der Waals surface area contributed by atoms with Crippen molar-refractivity contribution in [2.75, 3.05) is 7.11 Å². The molecule has 0 fully saturated rings. The molecule has 90 valence electrons. The maximum Gasteiger partial charge on any atom is 0.330 e. The van der Waals surface area contributed by atoms with Crippen molar-refractivity contribution in [3.8, 4) is 0 Å². The number of halogens is 2. The molecule has 0 aliphatic rings. The summed E-state index contributed by atoms with van der Waals surface area (Å²) in [5, 5.41) is 5.84. The quantitative estimate of drug-likeness (QED) is 0.608. The molecule has 1 aromatic carbocycles. The molecule has 0 bridgehead atoms. The number of methoxy groups -OCH3 is 1. The molecule has 4 nitrogen and oxygen atoms in total. The fraction of sp³-hybridized carbons (Fsp3) is 0.273. The number of benzene rings is 1. The van der Waals surface area contributed by atoms with Crippen LogP contribution < -0.4 is 0 Å². The molecule has 1 heterocycles. The van der Waals surface area contributed by atoms with Crippen LogP contribution in [-0.2, 0) is 9.53 Å². The Bertz CT molecular complexity index is 582. The van der Waals surface area contributed by atoms with Crippen LogP contribution in [0.2, 0.25) is 5.02 Å². The minimum atomic E-state index is -0.468.